The van der Waals surface area contributed by atoms with E-state index in [0.29, 0.717) is 0 Å². The summed E-state index contributed by atoms with van der Waals surface area (Å²) in [5, 5.41) is 0. The molecule has 0 aromatic heterocycles. The summed E-state index contributed by atoms with van der Waals surface area (Å²) < 4.78 is 0. The van der Waals surface area contributed by atoms with Gasteiger partial charge in [-0.15, -0.1) is 37.2 Å². The Morgan fingerprint density at radius 1 is 0.833 bits per heavy atom. The fourth-order valence-corrected chi connectivity index (χ4v) is 0. The normalized spacial score (nSPS) is 0. The minimum atomic E-state index is 0. The van der Waals surface area contributed by atoms with Crippen LogP contribution in [0.3, 0.4) is 0 Å². The Morgan fingerprint density at radius 2 is 0.833 bits per heavy atom. The molecule has 0 atom stereocenters. The van der Waals surface area contributed by atoms with E-state index in [0.717, 1.165) is 0 Å². The molecule has 0 aromatic carbocycles. The number of hydrogen-bond acceptors (Lipinski definition) is 1. The standard InChI is InChI=1S/3ClH.K.H3N.Pt.H/h3*1H;;1H3;;/q;;;+1;;;-1. The van der Waals surface area contributed by atoms with E-state index in [1.807, 2.05) is 0 Å². The predicted octanol–water partition coefficient (Wildman–Crippen LogP) is -1.46. The molecule has 0 aliphatic heterocycles. The Balaban J connectivity index is 0. The first-order valence-electron chi connectivity index (χ1n) is 0. The van der Waals surface area contributed by atoms with Crippen molar-refractivity contribution in [2.45, 2.75) is 0 Å². The Kier molecular flexibility index (Phi) is 428. The molecule has 0 aliphatic rings. The molecule has 0 aromatic rings. The van der Waals surface area contributed by atoms with Crippen molar-refractivity contribution in [1.29, 1.82) is 0 Å². The minimum absolute atomic E-state index is 0. The van der Waals surface area contributed by atoms with Gasteiger partial charge in [-0.3, -0.25) is 0 Å². The molecule has 0 rings (SSSR count). The number of rotatable bonds is 0. The van der Waals surface area contributed by atoms with E-state index in [-0.39, 0.29) is 117 Å². The van der Waals surface area contributed by atoms with Crippen LogP contribution in [0.2, 0.25) is 0 Å². The largest absolute Gasteiger partial charge is 1.00 e. The Morgan fingerprint density at radius 3 is 0.833 bits per heavy atom. The van der Waals surface area contributed by atoms with Gasteiger partial charge in [-0.05, 0) is 0 Å². The van der Waals surface area contributed by atoms with E-state index < -0.39 is 0 Å². The summed E-state index contributed by atoms with van der Waals surface area (Å²) in [6.45, 7) is 0. The molecule has 0 radical (unpaired) electrons. The van der Waals surface area contributed by atoms with Gasteiger partial charge in [-0.25, -0.2) is 0 Å². The van der Waals surface area contributed by atoms with Gasteiger partial charge in [0.15, 0.2) is 0 Å². The second-order valence-electron chi connectivity index (χ2n) is 0. The molecule has 0 saturated heterocycles. The maximum Gasteiger partial charge on any atom is 1.00 e. The van der Waals surface area contributed by atoms with Crippen LogP contribution in [0.1, 0.15) is 1.43 Å². The summed E-state index contributed by atoms with van der Waals surface area (Å²) in [5.74, 6) is 0. The van der Waals surface area contributed by atoms with Crippen LogP contribution in [0.5, 0.6) is 0 Å². The predicted molar refractivity (Wildman–Crippen MR) is 27.9 cm³/mol. The fourth-order valence-electron chi connectivity index (χ4n) is 0. The van der Waals surface area contributed by atoms with Crippen molar-refractivity contribution in [3.8, 4) is 0 Å². The van der Waals surface area contributed by atoms with Gasteiger partial charge in [0.1, 0.15) is 0 Å². The van der Waals surface area contributed by atoms with Crippen LogP contribution in [0.15, 0.2) is 0 Å². The van der Waals surface area contributed by atoms with Crippen molar-refractivity contribution >= 4 is 37.2 Å². The van der Waals surface area contributed by atoms with Gasteiger partial charge in [-0.2, -0.15) is 0 Å². The Hall–Kier alpha value is 3.15. The zero-order valence-electron chi connectivity index (χ0n) is 4.25. The molecule has 0 spiro atoms. The molecular weight excluding hydrogens is 355 g/mol. The van der Waals surface area contributed by atoms with Gasteiger partial charge in [-0.1, -0.05) is 0 Å². The van der Waals surface area contributed by atoms with E-state index in [9.17, 15) is 0 Å². The maximum atomic E-state index is 0. The molecule has 0 fully saturated rings. The number of hydrogen-bond donors (Lipinski definition) is 1. The van der Waals surface area contributed by atoms with Crippen molar-refractivity contribution in [3.05, 3.63) is 0 Å². The van der Waals surface area contributed by atoms with Gasteiger partial charge >= 0.3 is 51.4 Å². The third kappa shape index (κ3) is 27.2. The van der Waals surface area contributed by atoms with Gasteiger partial charge in [0.25, 0.3) is 0 Å². The number of halogens is 3. The molecule has 3 N–H and O–H groups in total. The smallest absolute Gasteiger partial charge is 1.00 e. The van der Waals surface area contributed by atoms with Crippen LogP contribution < -0.4 is 57.5 Å². The third-order valence-corrected chi connectivity index (χ3v) is 0. The van der Waals surface area contributed by atoms with E-state index in [1.165, 1.54) is 0 Å². The van der Waals surface area contributed by atoms with Crippen molar-refractivity contribution < 1.29 is 73.9 Å². The maximum absolute atomic E-state index is 0. The van der Waals surface area contributed by atoms with Crippen molar-refractivity contribution in [3.63, 3.8) is 0 Å². The quantitative estimate of drug-likeness (QED) is 0.526. The molecule has 1 nitrogen and oxygen atoms in total. The van der Waals surface area contributed by atoms with E-state index >= 15 is 0 Å². The van der Waals surface area contributed by atoms with E-state index in [2.05, 4.69) is 0 Å². The van der Waals surface area contributed by atoms with Crippen molar-refractivity contribution in [2.75, 3.05) is 0 Å². The average Bonchev–Trinajstić information content (AvgIpc) is 0. The van der Waals surface area contributed by atoms with Crippen LogP contribution in [-0.2, 0) is 21.1 Å². The molecule has 6 heteroatoms. The van der Waals surface area contributed by atoms with Crippen LogP contribution in [0.4, 0.5) is 0 Å². The Bertz CT molecular complexity index is 14.9. The molecule has 44 valence electrons. The molecule has 0 heterocycles. The van der Waals surface area contributed by atoms with Gasteiger partial charge in [0.2, 0.25) is 0 Å². The van der Waals surface area contributed by atoms with Crippen LogP contribution in [0, 0.1) is 0 Å². The minimum Gasteiger partial charge on any atom is -1.00 e. The summed E-state index contributed by atoms with van der Waals surface area (Å²) >= 11 is 0. The molecule has 6 heavy (non-hydrogen) atoms. The molecule has 0 bridgehead atoms. The van der Waals surface area contributed by atoms with Crippen LogP contribution >= 0.6 is 37.2 Å². The summed E-state index contributed by atoms with van der Waals surface area (Å²) in [4.78, 5) is 0. The second kappa shape index (κ2) is 41.9. The summed E-state index contributed by atoms with van der Waals surface area (Å²) in [6.07, 6.45) is 0. The first-order valence-corrected chi connectivity index (χ1v) is 0. The third-order valence-electron chi connectivity index (χ3n) is 0. The van der Waals surface area contributed by atoms with Gasteiger partial charge in [0, 0.05) is 21.1 Å². The summed E-state index contributed by atoms with van der Waals surface area (Å²) in [5.41, 5.74) is 0. The summed E-state index contributed by atoms with van der Waals surface area (Å²) in [6, 6.07) is 0. The Labute approximate surface area is 115 Å². The average molecular weight is 362 g/mol. The van der Waals surface area contributed by atoms with E-state index in [4.69, 9.17) is 0 Å². The van der Waals surface area contributed by atoms with E-state index in [1.54, 1.807) is 0 Å². The van der Waals surface area contributed by atoms with Gasteiger partial charge < -0.3 is 7.58 Å². The van der Waals surface area contributed by atoms with Crippen molar-refractivity contribution in [2.24, 2.45) is 0 Å². The monoisotopic (exact) mass is 360 g/mol. The first-order chi connectivity index (χ1) is 0. The topological polar surface area (TPSA) is 35.0 Å². The van der Waals surface area contributed by atoms with Gasteiger partial charge in [0.05, 0.1) is 0 Å². The molecule has 0 saturated carbocycles. The molecule has 0 aliphatic carbocycles. The summed E-state index contributed by atoms with van der Waals surface area (Å²) in [7, 11) is 0. The molecule has 0 unspecified atom stereocenters. The van der Waals surface area contributed by atoms with Crippen molar-refractivity contribution in [1.82, 2.24) is 6.15 Å². The fraction of sp³-hybridized carbons (Fsp3) is 0. The SMILES string of the molecule is Cl.Cl.Cl.N.[H-].[K+].[Pt]. The zero-order valence-corrected chi connectivity index (χ0v) is 11.1. The molecular formula is H7Cl3KNPt. The van der Waals surface area contributed by atoms with Crippen LogP contribution in [-0.4, -0.2) is 0 Å². The zero-order chi connectivity index (χ0) is 0. The molecule has 0 amide bonds. The second-order valence-corrected chi connectivity index (χ2v) is 0. The van der Waals surface area contributed by atoms with Crippen LogP contribution in [0.25, 0.3) is 0 Å². The first kappa shape index (κ1) is 61.2.